The second-order valence-electron chi connectivity index (χ2n) is 5.66. The summed E-state index contributed by atoms with van der Waals surface area (Å²) in [7, 11) is -4.38. The van der Waals surface area contributed by atoms with Gasteiger partial charge < -0.3 is 9.84 Å². The standard InChI is InChI=1S/C17H10F4N2O5S2/c18-11-4-1-9(2-5-11)15-22-8-14(29-15)30(26,27)23-12-6-3-10(16(24)25)7-13(12)28-17(19,20)21/h1-8,23H,(H,24,25). The number of halogens is 4. The number of carboxylic acid groups (broad SMARTS) is 1. The average Bonchev–Trinajstić information content (AvgIpc) is 3.13. The van der Waals surface area contributed by atoms with Crippen LogP contribution in [-0.2, 0) is 10.0 Å². The van der Waals surface area contributed by atoms with Crippen LogP contribution in [0.2, 0.25) is 0 Å². The summed E-state index contributed by atoms with van der Waals surface area (Å²) in [5.74, 6) is -3.05. The highest BCUT2D eigenvalue weighted by atomic mass is 32.2. The van der Waals surface area contributed by atoms with Gasteiger partial charge in [0.2, 0.25) is 0 Å². The van der Waals surface area contributed by atoms with E-state index < -0.39 is 45.2 Å². The number of thiazole rings is 1. The highest BCUT2D eigenvalue weighted by molar-refractivity contribution is 7.94. The van der Waals surface area contributed by atoms with Crippen LogP contribution in [0.1, 0.15) is 10.4 Å². The maximum absolute atomic E-state index is 13.0. The van der Waals surface area contributed by atoms with Gasteiger partial charge in [0.1, 0.15) is 10.8 Å². The summed E-state index contributed by atoms with van der Waals surface area (Å²) in [4.78, 5) is 14.9. The van der Waals surface area contributed by atoms with Crippen LogP contribution in [0.4, 0.5) is 23.2 Å². The van der Waals surface area contributed by atoms with Crippen LogP contribution in [0.5, 0.6) is 5.75 Å². The molecule has 0 aliphatic carbocycles. The lowest BCUT2D eigenvalue weighted by Crippen LogP contribution is -2.20. The first-order chi connectivity index (χ1) is 13.9. The Balaban J connectivity index is 1.93. The zero-order chi connectivity index (χ0) is 22.1. The quantitative estimate of drug-likeness (QED) is 0.528. The van der Waals surface area contributed by atoms with Gasteiger partial charge in [0.15, 0.2) is 9.96 Å². The van der Waals surface area contributed by atoms with E-state index in [0.717, 1.165) is 30.5 Å². The number of aromatic carboxylic acids is 1. The molecule has 1 heterocycles. The summed E-state index contributed by atoms with van der Waals surface area (Å²) in [6.45, 7) is 0. The second-order valence-corrected chi connectivity index (χ2v) is 8.60. The molecule has 13 heteroatoms. The van der Waals surface area contributed by atoms with Crippen LogP contribution in [0.15, 0.2) is 52.9 Å². The summed E-state index contributed by atoms with van der Waals surface area (Å²) in [6, 6.07) is 7.39. The summed E-state index contributed by atoms with van der Waals surface area (Å²) >= 11 is 0.704. The number of hydrogen-bond acceptors (Lipinski definition) is 6. The van der Waals surface area contributed by atoms with Gasteiger partial charge in [0, 0.05) is 5.56 Å². The number of anilines is 1. The summed E-state index contributed by atoms with van der Waals surface area (Å²) in [6.07, 6.45) is -4.20. The molecule has 0 saturated carbocycles. The van der Waals surface area contributed by atoms with E-state index in [2.05, 4.69) is 9.72 Å². The van der Waals surface area contributed by atoms with E-state index in [1.54, 1.807) is 0 Å². The molecule has 0 unspecified atom stereocenters. The van der Waals surface area contributed by atoms with Crippen molar-refractivity contribution in [2.24, 2.45) is 0 Å². The highest BCUT2D eigenvalue weighted by Crippen LogP contribution is 2.34. The molecule has 0 saturated heterocycles. The van der Waals surface area contributed by atoms with Gasteiger partial charge in [-0.25, -0.2) is 22.6 Å². The lowest BCUT2D eigenvalue weighted by atomic mass is 10.2. The predicted molar refractivity (Wildman–Crippen MR) is 98.4 cm³/mol. The number of benzene rings is 2. The van der Waals surface area contributed by atoms with Gasteiger partial charge in [-0.3, -0.25) is 4.72 Å². The molecular weight excluding hydrogens is 452 g/mol. The molecular formula is C17H10F4N2O5S2. The molecule has 7 nitrogen and oxygen atoms in total. The van der Waals surface area contributed by atoms with Crippen LogP contribution in [-0.4, -0.2) is 30.8 Å². The Hall–Kier alpha value is -3.19. The maximum Gasteiger partial charge on any atom is 0.573 e. The van der Waals surface area contributed by atoms with E-state index in [1.807, 2.05) is 4.72 Å². The molecule has 30 heavy (non-hydrogen) atoms. The van der Waals surface area contributed by atoms with Crippen LogP contribution in [0, 0.1) is 5.82 Å². The Kier molecular flexibility index (Phi) is 5.67. The Labute approximate surface area is 170 Å². The SMILES string of the molecule is O=C(O)c1ccc(NS(=O)(=O)c2cnc(-c3ccc(F)cc3)s2)c(OC(F)(F)F)c1. The van der Waals surface area contributed by atoms with Gasteiger partial charge in [-0.1, -0.05) is 0 Å². The Morgan fingerprint density at radius 1 is 1.13 bits per heavy atom. The fourth-order valence-corrected chi connectivity index (χ4v) is 4.46. The molecule has 0 aliphatic heterocycles. The normalized spacial score (nSPS) is 11.9. The first-order valence-corrected chi connectivity index (χ1v) is 10.1. The van der Waals surface area contributed by atoms with Crippen molar-refractivity contribution in [1.82, 2.24) is 4.98 Å². The molecule has 0 aliphatic rings. The molecule has 0 bridgehead atoms. The van der Waals surface area contributed by atoms with E-state index in [9.17, 15) is 30.8 Å². The molecule has 158 valence electrons. The molecule has 3 rings (SSSR count). The molecule has 1 aromatic heterocycles. The van der Waals surface area contributed by atoms with Gasteiger partial charge in [-0.2, -0.15) is 0 Å². The summed E-state index contributed by atoms with van der Waals surface area (Å²) < 4.78 is 81.5. The molecule has 0 amide bonds. The summed E-state index contributed by atoms with van der Waals surface area (Å²) in [5.41, 5.74) is -0.711. The van der Waals surface area contributed by atoms with E-state index >= 15 is 0 Å². The van der Waals surface area contributed by atoms with Gasteiger partial charge in [-0.05, 0) is 42.5 Å². The molecule has 3 aromatic rings. The lowest BCUT2D eigenvalue weighted by molar-refractivity contribution is -0.274. The zero-order valence-corrected chi connectivity index (χ0v) is 16.1. The topological polar surface area (TPSA) is 106 Å². The number of alkyl halides is 3. The highest BCUT2D eigenvalue weighted by Gasteiger charge is 2.33. The number of rotatable bonds is 6. The van der Waals surface area contributed by atoms with Crippen molar-refractivity contribution in [2.75, 3.05) is 4.72 Å². The molecule has 0 atom stereocenters. The van der Waals surface area contributed by atoms with E-state index in [1.165, 1.54) is 12.1 Å². The molecule has 0 radical (unpaired) electrons. The van der Waals surface area contributed by atoms with E-state index in [0.29, 0.717) is 23.0 Å². The zero-order valence-electron chi connectivity index (χ0n) is 14.5. The van der Waals surface area contributed by atoms with Crippen molar-refractivity contribution >= 4 is 33.0 Å². The van der Waals surface area contributed by atoms with Crippen molar-refractivity contribution < 1.29 is 40.6 Å². The average molecular weight is 462 g/mol. The number of aromatic nitrogens is 1. The molecule has 0 spiro atoms. The molecule has 2 N–H and O–H groups in total. The smallest absolute Gasteiger partial charge is 0.478 e. The Morgan fingerprint density at radius 2 is 1.80 bits per heavy atom. The van der Waals surface area contributed by atoms with Gasteiger partial charge in [0.25, 0.3) is 10.0 Å². The van der Waals surface area contributed by atoms with E-state index in [4.69, 9.17) is 5.11 Å². The lowest BCUT2D eigenvalue weighted by Gasteiger charge is -2.15. The molecule has 2 aromatic carbocycles. The van der Waals surface area contributed by atoms with Crippen LogP contribution in [0.25, 0.3) is 10.6 Å². The van der Waals surface area contributed by atoms with Crippen LogP contribution < -0.4 is 9.46 Å². The van der Waals surface area contributed by atoms with Gasteiger partial charge in [0.05, 0.1) is 17.4 Å². The first kappa shape index (κ1) is 21.5. The number of ether oxygens (including phenoxy) is 1. The van der Waals surface area contributed by atoms with Crippen molar-refractivity contribution in [3.63, 3.8) is 0 Å². The maximum atomic E-state index is 13.0. The number of nitrogens with one attached hydrogen (secondary N) is 1. The Morgan fingerprint density at radius 3 is 2.40 bits per heavy atom. The number of nitrogens with zero attached hydrogens (tertiary/aromatic N) is 1. The van der Waals surface area contributed by atoms with Gasteiger partial charge in [-0.15, -0.1) is 24.5 Å². The van der Waals surface area contributed by atoms with E-state index in [-0.39, 0.29) is 9.22 Å². The molecule has 0 fully saturated rings. The first-order valence-electron chi connectivity index (χ1n) is 7.82. The fourth-order valence-electron chi connectivity index (χ4n) is 2.25. The minimum absolute atomic E-state index is 0.239. The third kappa shape index (κ3) is 5.04. The number of sulfonamides is 1. The third-order valence-electron chi connectivity index (χ3n) is 3.54. The number of carbonyl (C=O) groups is 1. The van der Waals surface area contributed by atoms with Crippen molar-refractivity contribution in [3.8, 4) is 16.3 Å². The Bertz CT molecular complexity index is 1190. The van der Waals surface area contributed by atoms with Crippen molar-refractivity contribution in [1.29, 1.82) is 0 Å². The van der Waals surface area contributed by atoms with Crippen LogP contribution in [0.3, 0.4) is 0 Å². The van der Waals surface area contributed by atoms with Crippen molar-refractivity contribution in [2.45, 2.75) is 10.6 Å². The summed E-state index contributed by atoms with van der Waals surface area (Å²) in [5, 5.41) is 9.17. The minimum atomic E-state index is -5.18. The van der Waals surface area contributed by atoms with Crippen LogP contribution >= 0.6 is 11.3 Å². The minimum Gasteiger partial charge on any atom is -0.478 e. The third-order valence-corrected chi connectivity index (χ3v) is 6.41. The monoisotopic (exact) mass is 462 g/mol. The predicted octanol–water partition coefficient (Wildman–Crippen LogP) is 4.35. The second kappa shape index (κ2) is 7.91. The number of carboxylic acids is 1. The van der Waals surface area contributed by atoms with Gasteiger partial charge >= 0.3 is 12.3 Å². The fraction of sp³-hybridized carbons (Fsp3) is 0.0588. The van der Waals surface area contributed by atoms with Crippen molar-refractivity contribution in [3.05, 3.63) is 60.0 Å². The largest absolute Gasteiger partial charge is 0.573 e. The number of hydrogen-bond donors (Lipinski definition) is 2.